The van der Waals surface area contributed by atoms with Gasteiger partial charge in [0.2, 0.25) is 11.8 Å². The van der Waals surface area contributed by atoms with Gasteiger partial charge in [0, 0.05) is 11.3 Å². The first-order valence-electron chi connectivity index (χ1n) is 5.04. The van der Waals surface area contributed by atoms with E-state index in [1.165, 1.54) is 11.8 Å². The van der Waals surface area contributed by atoms with Crippen LogP contribution in [-0.4, -0.2) is 33.1 Å². The van der Waals surface area contributed by atoms with Crippen LogP contribution in [-0.2, 0) is 9.59 Å². The molecule has 0 aliphatic carbocycles. The number of aliphatic carboxylic acids is 1. The van der Waals surface area contributed by atoms with Gasteiger partial charge in [-0.3, -0.25) is 14.9 Å². The number of carboxylic acid groups (broad SMARTS) is 1. The highest BCUT2D eigenvalue weighted by Gasteiger charge is 2.12. The smallest absolute Gasteiger partial charge is 0.304 e. The molecule has 1 heterocycles. The fourth-order valence-electron chi connectivity index (χ4n) is 1.12. The molecule has 0 fully saturated rings. The van der Waals surface area contributed by atoms with Gasteiger partial charge in [-0.05, 0) is 6.92 Å². The van der Waals surface area contributed by atoms with Gasteiger partial charge in [0.1, 0.15) is 0 Å². The van der Waals surface area contributed by atoms with E-state index in [4.69, 9.17) is 9.63 Å². The zero-order valence-corrected chi connectivity index (χ0v) is 10.4. The summed E-state index contributed by atoms with van der Waals surface area (Å²) in [5.74, 6) is -0.604. The van der Waals surface area contributed by atoms with Crippen LogP contribution in [0.2, 0.25) is 0 Å². The number of hydrogen-bond acceptors (Lipinski definition) is 5. The molecule has 1 unspecified atom stereocenters. The molecular weight excluding hydrogens is 244 g/mol. The van der Waals surface area contributed by atoms with Crippen LogP contribution in [0.15, 0.2) is 10.6 Å². The lowest BCUT2D eigenvalue weighted by Crippen LogP contribution is -2.16. The summed E-state index contributed by atoms with van der Waals surface area (Å²) in [5.41, 5.74) is 0.687. The van der Waals surface area contributed by atoms with Crippen LogP contribution in [0.25, 0.3) is 0 Å². The summed E-state index contributed by atoms with van der Waals surface area (Å²) in [6.07, 6.45) is 0.0410. The van der Waals surface area contributed by atoms with E-state index in [1.807, 2.05) is 0 Å². The first-order valence-corrected chi connectivity index (χ1v) is 6.09. The topological polar surface area (TPSA) is 92.4 Å². The quantitative estimate of drug-likeness (QED) is 0.803. The number of carbonyl (C=O) groups is 2. The van der Waals surface area contributed by atoms with E-state index in [-0.39, 0.29) is 23.3 Å². The van der Waals surface area contributed by atoms with Crippen LogP contribution < -0.4 is 5.32 Å². The van der Waals surface area contributed by atoms with Crippen molar-refractivity contribution in [2.75, 3.05) is 11.1 Å². The Balaban J connectivity index is 2.28. The number of hydrogen-bond donors (Lipinski definition) is 2. The number of rotatable bonds is 6. The van der Waals surface area contributed by atoms with Gasteiger partial charge in [0.15, 0.2) is 0 Å². The van der Waals surface area contributed by atoms with E-state index >= 15 is 0 Å². The van der Waals surface area contributed by atoms with Gasteiger partial charge < -0.3 is 9.63 Å². The van der Waals surface area contributed by atoms with Gasteiger partial charge in [-0.25, -0.2) is 0 Å². The average Bonchev–Trinajstić information content (AvgIpc) is 2.60. The van der Waals surface area contributed by atoms with Crippen molar-refractivity contribution in [2.45, 2.75) is 25.5 Å². The third-order valence-corrected chi connectivity index (χ3v) is 3.02. The summed E-state index contributed by atoms with van der Waals surface area (Å²) >= 11 is 1.28. The Morgan fingerprint density at radius 1 is 1.65 bits per heavy atom. The average molecular weight is 258 g/mol. The first-order chi connectivity index (χ1) is 7.97. The van der Waals surface area contributed by atoms with Gasteiger partial charge >= 0.3 is 5.97 Å². The molecule has 1 amide bonds. The number of amides is 1. The lowest BCUT2D eigenvalue weighted by molar-refractivity contribution is -0.136. The van der Waals surface area contributed by atoms with Gasteiger partial charge in [-0.1, -0.05) is 12.1 Å². The van der Waals surface area contributed by atoms with E-state index in [1.54, 1.807) is 19.9 Å². The number of aryl methyl sites for hydroxylation is 1. The Kier molecular flexibility index (Phi) is 5.02. The molecule has 7 heteroatoms. The minimum absolute atomic E-state index is 0.0410. The van der Waals surface area contributed by atoms with Crippen LogP contribution in [0, 0.1) is 6.92 Å². The molecule has 0 bridgehead atoms. The standard InChI is InChI=1S/C10H14N2O4S/c1-6-3-9(16-12-6)11-8(13)5-17-7(2)4-10(14)15/h3,7H,4-5H2,1-2H3,(H,11,13)(H,14,15). The lowest BCUT2D eigenvalue weighted by Gasteiger charge is -2.07. The van der Waals surface area contributed by atoms with Crippen molar-refractivity contribution in [1.82, 2.24) is 5.16 Å². The van der Waals surface area contributed by atoms with Crippen LogP contribution in [0.5, 0.6) is 0 Å². The van der Waals surface area contributed by atoms with Crippen LogP contribution in [0.1, 0.15) is 19.0 Å². The highest BCUT2D eigenvalue weighted by Crippen LogP contribution is 2.15. The number of thioether (sulfide) groups is 1. The molecule has 0 spiro atoms. The Morgan fingerprint density at radius 2 is 2.35 bits per heavy atom. The van der Waals surface area contributed by atoms with Crippen LogP contribution in [0.4, 0.5) is 5.88 Å². The number of aromatic nitrogens is 1. The third kappa shape index (κ3) is 5.39. The largest absolute Gasteiger partial charge is 0.481 e. The SMILES string of the molecule is Cc1cc(NC(=O)CSC(C)CC(=O)O)on1. The molecule has 6 nitrogen and oxygen atoms in total. The molecule has 17 heavy (non-hydrogen) atoms. The molecule has 1 atom stereocenters. The molecule has 0 saturated heterocycles. The Labute approximate surface area is 103 Å². The van der Waals surface area contributed by atoms with Crippen molar-refractivity contribution in [2.24, 2.45) is 0 Å². The molecule has 2 N–H and O–H groups in total. The van der Waals surface area contributed by atoms with E-state index in [0.29, 0.717) is 11.6 Å². The zero-order valence-electron chi connectivity index (χ0n) is 9.60. The molecule has 94 valence electrons. The summed E-state index contributed by atoms with van der Waals surface area (Å²) in [6, 6.07) is 1.61. The zero-order chi connectivity index (χ0) is 12.8. The second-order valence-electron chi connectivity index (χ2n) is 3.60. The fourth-order valence-corrected chi connectivity index (χ4v) is 1.89. The van der Waals surface area contributed by atoms with E-state index in [9.17, 15) is 9.59 Å². The molecule has 0 aliphatic rings. The number of carbonyl (C=O) groups excluding carboxylic acids is 1. The van der Waals surface area contributed by atoms with E-state index in [0.717, 1.165) is 0 Å². The second kappa shape index (κ2) is 6.29. The van der Waals surface area contributed by atoms with E-state index in [2.05, 4.69) is 10.5 Å². The van der Waals surface area contributed by atoms with Crippen molar-refractivity contribution in [3.05, 3.63) is 11.8 Å². The summed E-state index contributed by atoms with van der Waals surface area (Å²) in [4.78, 5) is 21.9. The monoisotopic (exact) mass is 258 g/mol. The Morgan fingerprint density at radius 3 is 2.88 bits per heavy atom. The predicted molar refractivity (Wildman–Crippen MR) is 64.0 cm³/mol. The van der Waals surface area contributed by atoms with Gasteiger partial charge in [-0.15, -0.1) is 11.8 Å². The highest BCUT2D eigenvalue weighted by atomic mass is 32.2. The summed E-state index contributed by atoms with van der Waals surface area (Å²) < 4.78 is 4.82. The molecular formula is C10H14N2O4S. The van der Waals surface area contributed by atoms with Gasteiger partial charge in [0.05, 0.1) is 17.9 Å². The second-order valence-corrected chi connectivity index (χ2v) is 5.03. The summed E-state index contributed by atoms with van der Waals surface area (Å²) in [5, 5.41) is 14.6. The minimum atomic E-state index is -0.865. The third-order valence-electron chi connectivity index (χ3n) is 1.85. The number of carboxylic acids is 1. The first kappa shape index (κ1) is 13.6. The number of nitrogens with zero attached hydrogens (tertiary/aromatic N) is 1. The molecule has 0 saturated carbocycles. The van der Waals surface area contributed by atoms with Gasteiger partial charge in [-0.2, -0.15) is 0 Å². The Bertz CT molecular complexity index is 405. The van der Waals surface area contributed by atoms with Crippen molar-refractivity contribution in [3.63, 3.8) is 0 Å². The van der Waals surface area contributed by atoms with Gasteiger partial charge in [0.25, 0.3) is 0 Å². The number of nitrogens with one attached hydrogen (secondary N) is 1. The normalized spacial score (nSPS) is 12.1. The minimum Gasteiger partial charge on any atom is -0.481 e. The Hall–Kier alpha value is -1.50. The maximum absolute atomic E-state index is 11.4. The number of anilines is 1. The van der Waals surface area contributed by atoms with Crippen molar-refractivity contribution in [1.29, 1.82) is 0 Å². The lowest BCUT2D eigenvalue weighted by atomic mass is 10.3. The van der Waals surface area contributed by atoms with Crippen LogP contribution >= 0.6 is 11.8 Å². The summed E-state index contributed by atoms with van der Waals surface area (Å²) in [6.45, 7) is 3.52. The summed E-state index contributed by atoms with van der Waals surface area (Å²) in [7, 11) is 0. The molecule has 1 aromatic heterocycles. The molecule has 1 aromatic rings. The van der Waals surface area contributed by atoms with Crippen LogP contribution in [0.3, 0.4) is 0 Å². The maximum atomic E-state index is 11.4. The highest BCUT2D eigenvalue weighted by molar-refractivity contribution is 8.00. The molecule has 1 rings (SSSR count). The molecule has 0 aliphatic heterocycles. The fraction of sp³-hybridized carbons (Fsp3) is 0.500. The van der Waals surface area contributed by atoms with Crippen molar-refractivity contribution < 1.29 is 19.2 Å². The van der Waals surface area contributed by atoms with E-state index < -0.39 is 5.97 Å². The molecule has 0 radical (unpaired) electrons. The predicted octanol–water partition coefficient (Wildman–Crippen LogP) is 1.52. The van der Waals surface area contributed by atoms with Crippen molar-refractivity contribution >= 4 is 29.5 Å². The van der Waals surface area contributed by atoms with Crippen molar-refractivity contribution in [3.8, 4) is 0 Å². The maximum Gasteiger partial charge on any atom is 0.304 e. The molecule has 0 aromatic carbocycles.